The number of halogens is 1. The summed E-state index contributed by atoms with van der Waals surface area (Å²) in [7, 11) is 0. The molecule has 7 nitrogen and oxygen atoms in total. The maximum atomic E-state index is 13.8. The third kappa shape index (κ3) is 3.47. The zero-order valence-corrected chi connectivity index (χ0v) is 19.3. The number of carbonyl (C=O) groups is 2. The average molecular weight is 488 g/mol. The predicted molar refractivity (Wildman–Crippen MR) is 129 cm³/mol. The largest absolute Gasteiger partial charge is 0.507 e. The molecule has 9 heteroatoms. The molecule has 0 unspecified atom stereocenters. The van der Waals surface area contributed by atoms with E-state index in [2.05, 4.69) is 9.97 Å². The van der Waals surface area contributed by atoms with Crippen molar-refractivity contribution in [2.24, 2.45) is 0 Å². The van der Waals surface area contributed by atoms with Crippen LogP contribution in [0.1, 0.15) is 29.7 Å². The molecule has 1 fully saturated rings. The van der Waals surface area contributed by atoms with Crippen molar-refractivity contribution in [1.82, 2.24) is 9.97 Å². The van der Waals surface area contributed by atoms with Gasteiger partial charge in [-0.25, -0.2) is 9.37 Å². The van der Waals surface area contributed by atoms with Gasteiger partial charge >= 0.3 is 5.91 Å². The van der Waals surface area contributed by atoms with Gasteiger partial charge in [-0.2, -0.15) is 0 Å². The van der Waals surface area contributed by atoms with Crippen LogP contribution in [-0.4, -0.2) is 32.9 Å². The predicted octanol–water partition coefficient (Wildman–Crippen LogP) is 4.78. The number of carbonyl (C=O) groups excluding carboxylic acids is 2. The van der Waals surface area contributed by atoms with E-state index >= 15 is 0 Å². The fraction of sp³-hybridized carbons (Fsp3) is 0.154. The van der Waals surface area contributed by atoms with Crippen LogP contribution in [0.25, 0.3) is 16.0 Å². The van der Waals surface area contributed by atoms with Crippen LogP contribution in [0.2, 0.25) is 0 Å². The molecule has 1 amide bonds. The van der Waals surface area contributed by atoms with Crippen molar-refractivity contribution in [3.05, 3.63) is 89.0 Å². The number of aromatic nitrogens is 2. The molecule has 0 radical (unpaired) electrons. The minimum Gasteiger partial charge on any atom is -0.507 e. The molecule has 2 atom stereocenters. The Labute approximate surface area is 203 Å². The standard InChI is InChI=1S/C26H18FN3O4S/c1-13-9-16-10-14(4-7-19(16)34-13)23(31)21-22(15-3-2-8-28-12-15)30(25(33)24(21)32)26-29-18-6-5-17(27)11-20(18)35-26/h2-8,10-13,22,31H,9H2,1H3/b23-21+/t13-,22-/m0/s1. The molecule has 35 heavy (non-hydrogen) atoms. The van der Waals surface area contributed by atoms with E-state index in [4.69, 9.17) is 4.74 Å². The molecular formula is C26H18FN3O4S. The molecule has 0 aliphatic carbocycles. The van der Waals surface area contributed by atoms with Gasteiger partial charge in [0.15, 0.2) is 5.13 Å². The van der Waals surface area contributed by atoms with E-state index in [1.807, 2.05) is 6.92 Å². The van der Waals surface area contributed by atoms with Crippen LogP contribution in [0.15, 0.2) is 66.5 Å². The second-order valence-electron chi connectivity index (χ2n) is 8.52. The lowest BCUT2D eigenvalue weighted by Gasteiger charge is -2.22. The Morgan fingerprint density at radius 2 is 2.06 bits per heavy atom. The Morgan fingerprint density at radius 1 is 1.20 bits per heavy atom. The Kier molecular flexibility index (Phi) is 4.89. The summed E-state index contributed by atoms with van der Waals surface area (Å²) >= 11 is 1.10. The first-order valence-corrected chi connectivity index (χ1v) is 11.8. The number of aliphatic hydroxyl groups is 1. The molecule has 174 valence electrons. The van der Waals surface area contributed by atoms with Gasteiger partial charge in [-0.05, 0) is 60.5 Å². The summed E-state index contributed by atoms with van der Waals surface area (Å²) in [4.78, 5) is 36.5. The lowest BCUT2D eigenvalue weighted by atomic mass is 9.95. The highest BCUT2D eigenvalue weighted by molar-refractivity contribution is 7.22. The fourth-order valence-corrected chi connectivity index (χ4v) is 5.61. The number of anilines is 1. The smallest absolute Gasteiger partial charge is 0.301 e. The van der Waals surface area contributed by atoms with E-state index < -0.39 is 23.5 Å². The number of ether oxygens (including phenoxy) is 1. The van der Waals surface area contributed by atoms with E-state index in [0.29, 0.717) is 27.8 Å². The normalized spacial score (nSPS) is 20.9. The maximum Gasteiger partial charge on any atom is 0.301 e. The molecule has 2 aliphatic heterocycles. The number of hydrogen-bond acceptors (Lipinski definition) is 7. The summed E-state index contributed by atoms with van der Waals surface area (Å²) < 4.78 is 20.0. The Hall–Kier alpha value is -4.11. The SMILES string of the molecule is C[C@H]1Cc2cc(/C(O)=C3\C(=O)C(=O)N(c4nc5ccc(F)cc5s4)[C@H]3c3cccnc3)ccc2O1. The lowest BCUT2D eigenvalue weighted by molar-refractivity contribution is -0.132. The summed E-state index contributed by atoms with van der Waals surface area (Å²) in [6.07, 6.45) is 3.83. The van der Waals surface area contributed by atoms with Gasteiger partial charge in [0.25, 0.3) is 5.78 Å². The number of pyridine rings is 1. The van der Waals surface area contributed by atoms with Gasteiger partial charge < -0.3 is 9.84 Å². The molecule has 2 aliphatic rings. The number of benzene rings is 2. The Bertz CT molecular complexity index is 1550. The highest BCUT2D eigenvalue weighted by Crippen LogP contribution is 2.44. The van der Waals surface area contributed by atoms with Crippen molar-refractivity contribution in [2.75, 3.05) is 4.90 Å². The van der Waals surface area contributed by atoms with Gasteiger partial charge in [-0.15, -0.1) is 0 Å². The Balaban J connectivity index is 1.53. The second kappa shape index (κ2) is 7.99. The van der Waals surface area contributed by atoms with Gasteiger partial charge in [-0.3, -0.25) is 19.5 Å². The van der Waals surface area contributed by atoms with Crippen LogP contribution < -0.4 is 9.64 Å². The number of fused-ring (bicyclic) bond motifs is 2. The van der Waals surface area contributed by atoms with Crippen LogP contribution >= 0.6 is 11.3 Å². The number of rotatable bonds is 3. The van der Waals surface area contributed by atoms with Crippen molar-refractivity contribution in [2.45, 2.75) is 25.5 Å². The molecule has 1 saturated heterocycles. The maximum absolute atomic E-state index is 13.8. The van der Waals surface area contributed by atoms with Crippen molar-refractivity contribution in [1.29, 1.82) is 0 Å². The molecule has 0 spiro atoms. The molecule has 4 heterocycles. The number of nitrogens with zero attached hydrogens (tertiary/aromatic N) is 3. The number of Topliss-reactive ketones (excluding diaryl/α,β-unsaturated/α-hetero) is 1. The number of thiazole rings is 1. The highest BCUT2D eigenvalue weighted by Gasteiger charge is 2.48. The molecular weight excluding hydrogens is 469 g/mol. The van der Waals surface area contributed by atoms with E-state index in [-0.39, 0.29) is 22.6 Å². The molecule has 0 saturated carbocycles. The monoisotopic (exact) mass is 487 g/mol. The van der Waals surface area contributed by atoms with Crippen molar-refractivity contribution >= 4 is 44.1 Å². The third-order valence-corrected chi connectivity index (χ3v) is 7.18. The van der Waals surface area contributed by atoms with Crippen LogP contribution in [-0.2, 0) is 16.0 Å². The third-order valence-electron chi connectivity index (χ3n) is 6.16. The number of ketones is 1. The first kappa shape index (κ1) is 21.4. The van der Waals surface area contributed by atoms with E-state index in [0.717, 1.165) is 22.6 Å². The van der Waals surface area contributed by atoms with E-state index in [9.17, 15) is 19.1 Å². The van der Waals surface area contributed by atoms with Gasteiger partial charge in [0, 0.05) is 24.4 Å². The second-order valence-corrected chi connectivity index (χ2v) is 9.53. The molecule has 4 aromatic rings. The molecule has 6 rings (SSSR count). The first-order chi connectivity index (χ1) is 16.9. The van der Waals surface area contributed by atoms with Crippen molar-refractivity contribution < 1.29 is 23.8 Å². The zero-order valence-electron chi connectivity index (χ0n) is 18.4. The molecule has 1 N–H and O–H groups in total. The van der Waals surface area contributed by atoms with Crippen LogP contribution in [0.3, 0.4) is 0 Å². The van der Waals surface area contributed by atoms with Gasteiger partial charge in [0.1, 0.15) is 23.4 Å². The van der Waals surface area contributed by atoms with Crippen molar-refractivity contribution in [3.63, 3.8) is 0 Å². The summed E-state index contributed by atoms with van der Waals surface area (Å²) in [6, 6.07) is 11.8. The highest BCUT2D eigenvalue weighted by atomic mass is 32.1. The summed E-state index contributed by atoms with van der Waals surface area (Å²) in [6.45, 7) is 1.96. The number of aliphatic hydroxyl groups excluding tert-OH is 1. The summed E-state index contributed by atoms with van der Waals surface area (Å²) in [5.41, 5.74) is 2.32. The summed E-state index contributed by atoms with van der Waals surface area (Å²) in [5, 5.41) is 11.6. The lowest BCUT2D eigenvalue weighted by Crippen LogP contribution is -2.29. The van der Waals surface area contributed by atoms with Crippen LogP contribution in [0.5, 0.6) is 5.75 Å². The first-order valence-electron chi connectivity index (χ1n) is 11.0. The number of amides is 1. The van der Waals surface area contributed by atoms with Crippen LogP contribution in [0, 0.1) is 5.82 Å². The quantitative estimate of drug-likeness (QED) is 0.254. The van der Waals surface area contributed by atoms with E-state index in [1.54, 1.807) is 42.7 Å². The molecule has 2 aromatic carbocycles. The molecule has 0 bridgehead atoms. The minimum absolute atomic E-state index is 0.0206. The van der Waals surface area contributed by atoms with Gasteiger partial charge in [0.2, 0.25) is 0 Å². The molecule has 2 aromatic heterocycles. The fourth-order valence-electron chi connectivity index (χ4n) is 4.60. The summed E-state index contributed by atoms with van der Waals surface area (Å²) in [5.74, 6) is -1.62. The zero-order chi connectivity index (χ0) is 24.3. The average Bonchev–Trinajstić information content (AvgIpc) is 3.51. The van der Waals surface area contributed by atoms with Gasteiger partial charge in [-0.1, -0.05) is 17.4 Å². The van der Waals surface area contributed by atoms with Crippen molar-refractivity contribution in [3.8, 4) is 5.75 Å². The van der Waals surface area contributed by atoms with Gasteiger partial charge in [0.05, 0.1) is 21.8 Å². The number of hydrogen-bond donors (Lipinski definition) is 1. The van der Waals surface area contributed by atoms with Crippen LogP contribution in [0.4, 0.5) is 9.52 Å². The topological polar surface area (TPSA) is 92.6 Å². The minimum atomic E-state index is -0.947. The Morgan fingerprint density at radius 3 is 2.86 bits per heavy atom. The van der Waals surface area contributed by atoms with E-state index in [1.165, 1.54) is 23.1 Å².